The van der Waals surface area contributed by atoms with Crippen LogP contribution in [-0.4, -0.2) is 23.3 Å². The third-order valence-corrected chi connectivity index (χ3v) is 4.67. The van der Waals surface area contributed by atoms with Gasteiger partial charge in [-0.1, -0.05) is 13.8 Å². The average Bonchev–Trinajstić information content (AvgIpc) is 2.38. The number of rotatable bonds is 9. The van der Waals surface area contributed by atoms with Crippen molar-refractivity contribution in [1.82, 2.24) is 0 Å². The summed E-state index contributed by atoms with van der Waals surface area (Å²) in [5, 5.41) is 0. The van der Waals surface area contributed by atoms with Gasteiger partial charge in [0, 0.05) is 16.2 Å². The second-order valence-corrected chi connectivity index (χ2v) is 7.24. The molecule has 1 unspecified atom stereocenters. The fraction of sp³-hybridized carbons (Fsp3) is 0.467. The number of primary amides is 2. The van der Waals surface area contributed by atoms with E-state index in [1.54, 1.807) is 23.5 Å². The van der Waals surface area contributed by atoms with Crippen molar-refractivity contribution < 1.29 is 9.59 Å². The van der Waals surface area contributed by atoms with E-state index >= 15 is 0 Å². The summed E-state index contributed by atoms with van der Waals surface area (Å²) in [6.45, 7) is 4.17. The van der Waals surface area contributed by atoms with Crippen LogP contribution in [-0.2, 0) is 9.59 Å². The average molecular weight is 326 g/mol. The van der Waals surface area contributed by atoms with E-state index in [0.717, 1.165) is 26.9 Å². The molecule has 0 spiro atoms. The molecule has 0 fully saturated rings. The van der Waals surface area contributed by atoms with Gasteiger partial charge in [0.15, 0.2) is 0 Å². The van der Waals surface area contributed by atoms with Crippen molar-refractivity contribution in [1.29, 1.82) is 0 Å². The van der Waals surface area contributed by atoms with Crippen LogP contribution in [0, 0.1) is 0 Å². The van der Waals surface area contributed by atoms with Crippen molar-refractivity contribution in [3.05, 3.63) is 23.8 Å². The van der Waals surface area contributed by atoms with Crippen LogP contribution in [0.15, 0.2) is 28.0 Å². The molecule has 0 saturated carbocycles. The second-order valence-electron chi connectivity index (χ2n) is 4.56. The summed E-state index contributed by atoms with van der Waals surface area (Å²) < 4.78 is 0. The van der Waals surface area contributed by atoms with Crippen LogP contribution in [0.4, 0.5) is 0 Å². The minimum atomic E-state index is -0.467. The molecule has 4 nitrogen and oxygen atoms in total. The fourth-order valence-corrected chi connectivity index (χ4v) is 3.66. The molecule has 6 heteroatoms. The van der Waals surface area contributed by atoms with E-state index in [2.05, 4.69) is 19.9 Å². The maximum atomic E-state index is 11.7. The Hall–Kier alpha value is -1.14. The fourth-order valence-electron chi connectivity index (χ4n) is 2.05. The van der Waals surface area contributed by atoms with Gasteiger partial charge in [-0.05, 0) is 41.7 Å². The van der Waals surface area contributed by atoms with Crippen molar-refractivity contribution in [2.75, 3.05) is 11.5 Å². The minimum Gasteiger partial charge on any atom is -0.370 e. The normalized spacial score (nSPS) is 12.1. The third-order valence-electron chi connectivity index (χ3n) is 2.95. The maximum Gasteiger partial charge on any atom is 0.224 e. The molecule has 0 heterocycles. The topological polar surface area (TPSA) is 86.2 Å². The van der Waals surface area contributed by atoms with Gasteiger partial charge in [0.05, 0.1) is 5.92 Å². The SMILES string of the molecule is CCSc1cc(SCC)cc(C(CCC(N)=O)C(N)=O)c1. The van der Waals surface area contributed by atoms with Crippen molar-refractivity contribution in [3.8, 4) is 0 Å². The van der Waals surface area contributed by atoms with Gasteiger partial charge < -0.3 is 11.5 Å². The van der Waals surface area contributed by atoms with Crippen LogP contribution in [0.3, 0.4) is 0 Å². The smallest absolute Gasteiger partial charge is 0.224 e. The number of carbonyl (C=O) groups is 2. The zero-order valence-corrected chi connectivity index (χ0v) is 14.1. The van der Waals surface area contributed by atoms with Crippen LogP contribution < -0.4 is 11.5 Å². The summed E-state index contributed by atoms with van der Waals surface area (Å²) in [7, 11) is 0. The summed E-state index contributed by atoms with van der Waals surface area (Å²) in [5.74, 6) is 0.627. The summed E-state index contributed by atoms with van der Waals surface area (Å²) in [6.07, 6.45) is 0.524. The third kappa shape index (κ3) is 6.01. The number of amides is 2. The Morgan fingerprint density at radius 3 is 1.95 bits per heavy atom. The van der Waals surface area contributed by atoms with Crippen LogP contribution in [0.25, 0.3) is 0 Å². The van der Waals surface area contributed by atoms with E-state index in [1.807, 2.05) is 12.1 Å². The highest BCUT2D eigenvalue weighted by Gasteiger charge is 2.20. The van der Waals surface area contributed by atoms with Gasteiger partial charge in [-0.25, -0.2) is 0 Å². The van der Waals surface area contributed by atoms with E-state index in [9.17, 15) is 9.59 Å². The highest BCUT2D eigenvalue weighted by atomic mass is 32.2. The highest BCUT2D eigenvalue weighted by Crippen LogP contribution is 2.31. The van der Waals surface area contributed by atoms with E-state index in [1.165, 1.54) is 0 Å². The molecular weight excluding hydrogens is 304 g/mol. The zero-order chi connectivity index (χ0) is 15.8. The predicted molar refractivity (Wildman–Crippen MR) is 89.6 cm³/mol. The Balaban J connectivity index is 3.09. The lowest BCUT2D eigenvalue weighted by Crippen LogP contribution is -2.23. The number of nitrogens with two attached hydrogens (primary N) is 2. The predicted octanol–water partition coefficient (Wildman–Crippen LogP) is 2.74. The number of benzene rings is 1. The summed E-state index contributed by atoms with van der Waals surface area (Å²) in [6, 6.07) is 6.10. The highest BCUT2D eigenvalue weighted by molar-refractivity contribution is 8.00. The van der Waals surface area contributed by atoms with Gasteiger partial charge in [0.25, 0.3) is 0 Å². The summed E-state index contributed by atoms with van der Waals surface area (Å²) in [4.78, 5) is 24.9. The molecule has 0 radical (unpaired) electrons. The van der Waals surface area contributed by atoms with E-state index in [4.69, 9.17) is 11.5 Å². The molecule has 21 heavy (non-hydrogen) atoms. The Kier molecular flexibility index (Phi) is 7.67. The molecule has 4 N–H and O–H groups in total. The van der Waals surface area contributed by atoms with E-state index in [-0.39, 0.29) is 6.42 Å². The zero-order valence-electron chi connectivity index (χ0n) is 12.4. The number of carbonyl (C=O) groups excluding carboxylic acids is 2. The number of hydrogen-bond acceptors (Lipinski definition) is 4. The largest absolute Gasteiger partial charge is 0.370 e. The van der Waals surface area contributed by atoms with Crippen molar-refractivity contribution in [3.63, 3.8) is 0 Å². The van der Waals surface area contributed by atoms with E-state index in [0.29, 0.717) is 6.42 Å². The molecule has 1 rings (SSSR count). The molecular formula is C15H22N2O2S2. The maximum absolute atomic E-state index is 11.7. The van der Waals surface area contributed by atoms with Crippen LogP contribution in [0.2, 0.25) is 0 Å². The van der Waals surface area contributed by atoms with Crippen LogP contribution in [0.5, 0.6) is 0 Å². The monoisotopic (exact) mass is 326 g/mol. The molecule has 2 amide bonds. The van der Waals surface area contributed by atoms with Gasteiger partial charge >= 0.3 is 0 Å². The second kappa shape index (κ2) is 9.00. The van der Waals surface area contributed by atoms with Gasteiger partial charge in [0.1, 0.15) is 0 Å². The first kappa shape index (κ1) is 17.9. The van der Waals surface area contributed by atoms with Crippen molar-refractivity contribution in [2.45, 2.75) is 42.4 Å². The first-order valence-corrected chi connectivity index (χ1v) is 8.93. The molecule has 0 aliphatic carbocycles. The molecule has 0 aliphatic rings. The lowest BCUT2D eigenvalue weighted by Gasteiger charge is -2.16. The number of hydrogen-bond donors (Lipinski definition) is 2. The molecule has 1 aromatic rings. The van der Waals surface area contributed by atoms with Crippen LogP contribution >= 0.6 is 23.5 Å². The van der Waals surface area contributed by atoms with E-state index < -0.39 is 17.7 Å². The lowest BCUT2D eigenvalue weighted by molar-refractivity contribution is -0.120. The van der Waals surface area contributed by atoms with Gasteiger partial charge in [-0.2, -0.15) is 0 Å². The van der Waals surface area contributed by atoms with Gasteiger partial charge in [-0.3, -0.25) is 9.59 Å². The molecule has 1 atom stereocenters. The Morgan fingerprint density at radius 2 is 1.57 bits per heavy atom. The Labute approximate surface area is 134 Å². The molecule has 1 aromatic carbocycles. The van der Waals surface area contributed by atoms with Gasteiger partial charge in [0.2, 0.25) is 11.8 Å². The molecule has 0 saturated heterocycles. The quantitative estimate of drug-likeness (QED) is 0.683. The molecule has 0 aromatic heterocycles. The first-order valence-electron chi connectivity index (χ1n) is 6.96. The van der Waals surface area contributed by atoms with Crippen LogP contribution in [0.1, 0.15) is 38.2 Å². The molecule has 0 aliphatic heterocycles. The molecule has 0 bridgehead atoms. The summed E-state index contributed by atoms with van der Waals surface area (Å²) >= 11 is 3.45. The van der Waals surface area contributed by atoms with Gasteiger partial charge in [-0.15, -0.1) is 23.5 Å². The Morgan fingerprint density at radius 1 is 1.05 bits per heavy atom. The summed E-state index contributed by atoms with van der Waals surface area (Å²) in [5.41, 5.74) is 11.5. The molecule has 116 valence electrons. The first-order chi connectivity index (χ1) is 9.97. The minimum absolute atomic E-state index is 0.162. The lowest BCUT2D eigenvalue weighted by atomic mass is 9.93. The van der Waals surface area contributed by atoms with Crippen molar-refractivity contribution in [2.24, 2.45) is 11.5 Å². The standard InChI is InChI=1S/C15H22N2O2S2/c1-3-20-11-7-10(8-12(9-11)21-4-2)13(15(17)19)5-6-14(16)18/h7-9,13H,3-6H2,1-2H3,(H2,16,18)(H2,17,19). The number of thioether (sulfide) groups is 2. The van der Waals surface area contributed by atoms with Crippen molar-refractivity contribution >= 4 is 35.3 Å². The Bertz CT molecular complexity index is 482.